The van der Waals surface area contributed by atoms with Crippen molar-refractivity contribution in [3.63, 3.8) is 0 Å². The fraction of sp³-hybridized carbons (Fsp3) is 0.190. The first-order chi connectivity index (χ1) is 14.5. The number of amides is 1. The number of hydrogen-bond acceptors (Lipinski definition) is 5. The largest absolute Gasteiger partial charge is 0.479 e. The average molecular weight is 496 g/mol. The van der Waals surface area contributed by atoms with Crippen LogP contribution >= 0.6 is 27.3 Å². The number of ether oxygens (including phenoxy) is 3. The van der Waals surface area contributed by atoms with E-state index in [2.05, 4.69) is 21.2 Å². The SMILES string of the molecule is COCC(=O)Nc1ccc2c(c1)C(c1ccc(Br)s1)Oc1cccc(OC(F)F)c1-2. The Morgan fingerprint density at radius 3 is 2.80 bits per heavy atom. The second kappa shape index (κ2) is 8.71. The van der Waals surface area contributed by atoms with Crippen molar-refractivity contribution in [2.24, 2.45) is 0 Å². The van der Waals surface area contributed by atoms with Gasteiger partial charge >= 0.3 is 6.61 Å². The zero-order chi connectivity index (χ0) is 21.3. The van der Waals surface area contributed by atoms with Gasteiger partial charge in [0.15, 0.2) is 6.10 Å². The van der Waals surface area contributed by atoms with E-state index in [4.69, 9.17) is 14.2 Å². The molecule has 3 aromatic rings. The van der Waals surface area contributed by atoms with Crippen LogP contribution in [0.1, 0.15) is 16.5 Å². The van der Waals surface area contributed by atoms with Gasteiger partial charge in [-0.05, 0) is 57.9 Å². The van der Waals surface area contributed by atoms with Gasteiger partial charge in [0.2, 0.25) is 5.91 Å². The van der Waals surface area contributed by atoms with Crippen molar-refractivity contribution >= 4 is 38.9 Å². The first kappa shape index (κ1) is 20.8. The number of rotatable bonds is 6. The number of anilines is 1. The molecule has 1 aliphatic heterocycles. The van der Waals surface area contributed by atoms with Crippen molar-refractivity contribution in [1.82, 2.24) is 0 Å². The second-order valence-corrected chi connectivity index (χ2v) is 8.93. The lowest BCUT2D eigenvalue weighted by atomic mass is 9.91. The predicted octanol–water partition coefficient (Wildman–Crippen LogP) is 5.85. The quantitative estimate of drug-likeness (QED) is 0.466. The monoisotopic (exact) mass is 495 g/mol. The Morgan fingerprint density at radius 2 is 2.10 bits per heavy atom. The molecular formula is C21H16BrF2NO4S. The minimum atomic E-state index is -2.96. The van der Waals surface area contributed by atoms with Gasteiger partial charge in [-0.3, -0.25) is 4.79 Å². The van der Waals surface area contributed by atoms with E-state index in [0.29, 0.717) is 22.6 Å². The molecule has 2 heterocycles. The molecule has 0 radical (unpaired) electrons. The molecule has 0 bridgehead atoms. The van der Waals surface area contributed by atoms with Crippen molar-refractivity contribution in [2.75, 3.05) is 19.0 Å². The van der Waals surface area contributed by atoms with Crippen LogP contribution in [0, 0.1) is 0 Å². The molecule has 0 fully saturated rings. The van der Waals surface area contributed by atoms with E-state index in [9.17, 15) is 13.6 Å². The second-order valence-electron chi connectivity index (χ2n) is 6.43. The summed E-state index contributed by atoms with van der Waals surface area (Å²) in [7, 11) is 1.44. The highest BCUT2D eigenvalue weighted by Gasteiger charge is 2.31. The fourth-order valence-corrected chi connectivity index (χ4v) is 4.83. The topological polar surface area (TPSA) is 56.8 Å². The number of hydrogen-bond donors (Lipinski definition) is 1. The zero-order valence-electron chi connectivity index (χ0n) is 15.7. The maximum atomic E-state index is 13.0. The van der Waals surface area contributed by atoms with Gasteiger partial charge in [0.05, 0.1) is 14.2 Å². The van der Waals surface area contributed by atoms with E-state index in [-0.39, 0.29) is 18.3 Å². The number of benzene rings is 2. The summed E-state index contributed by atoms with van der Waals surface area (Å²) in [5, 5.41) is 2.76. The molecule has 1 amide bonds. The Hall–Kier alpha value is -2.49. The fourth-order valence-electron chi connectivity index (χ4n) is 3.35. The molecular weight excluding hydrogens is 480 g/mol. The minimum Gasteiger partial charge on any atom is -0.479 e. The Bertz CT molecular complexity index is 1090. The summed E-state index contributed by atoms with van der Waals surface area (Å²) < 4.78 is 42.7. The van der Waals surface area contributed by atoms with E-state index in [1.807, 2.05) is 12.1 Å². The van der Waals surface area contributed by atoms with Gasteiger partial charge < -0.3 is 19.5 Å². The highest BCUT2D eigenvalue weighted by molar-refractivity contribution is 9.11. The van der Waals surface area contributed by atoms with Crippen molar-refractivity contribution < 1.29 is 27.8 Å². The van der Waals surface area contributed by atoms with Crippen molar-refractivity contribution in [2.45, 2.75) is 12.7 Å². The number of carbonyl (C=O) groups is 1. The molecule has 1 N–H and O–H groups in total. The van der Waals surface area contributed by atoms with E-state index in [0.717, 1.165) is 14.2 Å². The molecule has 0 aliphatic carbocycles. The van der Waals surface area contributed by atoms with Crippen molar-refractivity contribution in [1.29, 1.82) is 0 Å². The Labute approximate surface area is 183 Å². The molecule has 1 aromatic heterocycles. The number of fused-ring (bicyclic) bond motifs is 3. The summed E-state index contributed by atoms with van der Waals surface area (Å²) >= 11 is 4.97. The van der Waals surface area contributed by atoms with Crippen molar-refractivity contribution in [3.05, 3.63) is 62.8 Å². The number of halogens is 3. The Kier molecular flexibility index (Phi) is 6.03. The molecule has 0 spiro atoms. The van der Waals surface area contributed by atoms with Crippen LogP contribution in [0.4, 0.5) is 14.5 Å². The molecule has 2 aromatic carbocycles. The molecule has 1 aliphatic rings. The molecule has 5 nitrogen and oxygen atoms in total. The minimum absolute atomic E-state index is 0.0331. The summed E-state index contributed by atoms with van der Waals surface area (Å²) in [5.41, 5.74) is 2.44. The first-order valence-corrected chi connectivity index (χ1v) is 10.5. The van der Waals surface area contributed by atoms with Gasteiger partial charge in [0, 0.05) is 18.4 Å². The summed E-state index contributed by atoms with van der Waals surface area (Å²) in [6, 6.07) is 13.9. The van der Waals surface area contributed by atoms with Gasteiger partial charge in [-0.2, -0.15) is 8.78 Å². The van der Waals surface area contributed by atoms with Crippen LogP contribution in [0.15, 0.2) is 52.3 Å². The summed E-state index contributed by atoms with van der Waals surface area (Å²) in [6.45, 7) is -3.04. The third-order valence-electron chi connectivity index (χ3n) is 4.46. The smallest absolute Gasteiger partial charge is 0.387 e. The summed E-state index contributed by atoms with van der Waals surface area (Å²) in [6.07, 6.45) is -0.468. The molecule has 1 atom stereocenters. The van der Waals surface area contributed by atoms with E-state index in [1.54, 1.807) is 30.3 Å². The number of thiophene rings is 1. The van der Waals surface area contributed by atoms with Crippen LogP contribution in [-0.2, 0) is 9.53 Å². The van der Waals surface area contributed by atoms with E-state index < -0.39 is 12.7 Å². The summed E-state index contributed by atoms with van der Waals surface area (Å²) in [5.74, 6) is 0.184. The van der Waals surface area contributed by atoms with Gasteiger partial charge in [0.1, 0.15) is 18.1 Å². The Balaban J connectivity index is 1.83. The van der Waals surface area contributed by atoms with Crippen LogP contribution in [0.3, 0.4) is 0 Å². The molecule has 0 saturated carbocycles. The lowest BCUT2D eigenvalue weighted by Gasteiger charge is -2.30. The maximum absolute atomic E-state index is 13.0. The molecule has 0 saturated heterocycles. The average Bonchev–Trinajstić information content (AvgIpc) is 3.13. The Morgan fingerprint density at radius 1 is 1.27 bits per heavy atom. The third-order valence-corrected chi connectivity index (χ3v) is 6.13. The highest BCUT2D eigenvalue weighted by atomic mass is 79.9. The van der Waals surface area contributed by atoms with Gasteiger partial charge in [-0.25, -0.2) is 0 Å². The molecule has 1 unspecified atom stereocenters. The molecule has 30 heavy (non-hydrogen) atoms. The number of alkyl halides is 2. The molecule has 4 rings (SSSR count). The number of nitrogens with one attached hydrogen (secondary N) is 1. The number of carbonyl (C=O) groups excluding carboxylic acids is 1. The van der Waals surface area contributed by atoms with Crippen LogP contribution in [0.25, 0.3) is 11.1 Å². The van der Waals surface area contributed by atoms with Gasteiger partial charge in [0.25, 0.3) is 0 Å². The van der Waals surface area contributed by atoms with Crippen LogP contribution < -0.4 is 14.8 Å². The van der Waals surface area contributed by atoms with Crippen LogP contribution in [0.2, 0.25) is 0 Å². The maximum Gasteiger partial charge on any atom is 0.387 e. The predicted molar refractivity (Wildman–Crippen MR) is 114 cm³/mol. The highest BCUT2D eigenvalue weighted by Crippen LogP contribution is 2.50. The zero-order valence-corrected chi connectivity index (χ0v) is 18.1. The first-order valence-electron chi connectivity index (χ1n) is 8.89. The van der Waals surface area contributed by atoms with Crippen LogP contribution in [0.5, 0.6) is 11.5 Å². The van der Waals surface area contributed by atoms with E-state index >= 15 is 0 Å². The summed E-state index contributed by atoms with van der Waals surface area (Å²) in [4.78, 5) is 12.9. The lowest BCUT2D eigenvalue weighted by molar-refractivity contribution is -0.119. The normalized spacial score (nSPS) is 14.6. The standard InChI is InChI=1S/C21H16BrF2NO4S/c1-27-10-18(26)25-11-5-6-12-13(9-11)20(16-7-8-17(22)30-16)28-14-3-2-4-15(19(12)14)29-21(23)24/h2-9,20-21H,10H2,1H3,(H,25,26). The third kappa shape index (κ3) is 4.19. The molecule has 156 valence electrons. The van der Waals surface area contributed by atoms with Gasteiger partial charge in [-0.1, -0.05) is 12.1 Å². The van der Waals surface area contributed by atoms with Crippen LogP contribution in [-0.4, -0.2) is 26.2 Å². The number of methoxy groups -OCH3 is 1. The van der Waals surface area contributed by atoms with Crippen molar-refractivity contribution in [3.8, 4) is 22.6 Å². The van der Waals surface area contributed by atoms with E-state index in [1.165, 1.54) is 24.5 Å². The molecule has 9 heteroatoms. The lowest BCUT2D eigenvalue weighted by Crippen LogP contribution is -2.19. The van der Waals surface area contributed by atoms with Gasteiger partial charge in [-0.15, -0.1) is 11.3 Å².